The molecule has 0 bridgehead atoms. The number of hydrogen-bond acceptors (Lipinski definition) is 4. The van der Waals surface area contributed by atoms with Gasteiger partial charge in [-0.25, -0.2) is 0 Å². The molecule has 0 saturated heterocycles. The first-order chi connectivity index (χ1) is 14.0. The molecule has 0 fully saturated rings. The zero-order valence-corrected chi connectivity index (χ0v) is 17.1. The van der Waals surface area contributed by atoms with Gasteiger partial charge in [0, 0.05) is 24.7 Å². The van der Waals surface area contributed by atoms with Crippen LogP contribution in [0.1, 0.15) is 29.8 Å². The quantitative estimate of drug-likeness (QED) is 0.477. The van der Waals surface area contributed by atoms with E-state index in [1.165, 1.54) is 6.08 Å². The van der Waals surface area contributed by atoms with Crippen LogP contribution < -0.4 is 20.1 Å². The van der Waals surface area contributed by atoms with Crippen molar-refractivity contribution in [3.05, 3.63) is 65.7 Å². The van der Waals surface area contributed by atoms with E-state index in [1.807, 2.05) is 24.3 Å². The molecule has 154 valence electrons. The Morgan fingerprint density at radius 3 is 2.41 bits per heavy atom. The molecule has 0 aliphatic carbocycles. The Morgan fingerprint density at radius 1 is 1.00 bits per heavy atom. The lowest BCUT2D eigenvalue weighted by Gasteiger charge is -2.12. The first kappa shape index (κ1) is 22.0. The van der Waals surface area contributed by atoms with Crippen molar-refractivity contribution in [2.45, 2.75) is 13.8 Å². The molecular formula is C23H28N2O4. The van der Waals surface area contributed by atoms with Crippen LogP contribution in [0.15, 0.2) is 54.6 Å². The molecule has 0 radical (unpaired) electrons. The highest BCUT2D eigenvalue weighted by Crippen LogP contribution is 2.28. The van der Waals surface area contributed by atoms with Crippen molar-refractivity contribution in [1.29, 1.82) is 0 Å². The van der Waals surface area contributed by atoms with Crippen LogP contribution in [0.4, 0.5) is 0 Å². The fraction of sp³-hybridized carbons (Fsp3) is 0.304. The smallest absolute Gasteiger partial charge is 0.251 e. The Kier molecular flexibility index (Phi) is 8.76. The fourth-order valence-electron chi connectivity index (χ4n) is 2.45. The number of carbonyl (C=O) groups excluding carboxylic acids is 2. The van der Waals surface area contributed by atoms with Crippen LogP contribution in [0.5, 0.6) is 11.5 Å². The largest absolute Gasteiger partial charge is 0.493 e. The summed E-state index contributed by atoms with van der Waals surface area (Å²) in [5, 5.41) is 5.50. The van der Waals surface area contributed by atoms with Crippen LogP contribution >= 0.6 is 0 Å². The van der Waals surface area contributed by atoms with Crippen LogP contribution in [0.2, 0.25) is 0 Å². The van der Waals surface area contributed by atoms with Crippen LogP contribution in [-0.2, 0) is 4.79 Å². The van der Waals surface area contributed by atoms with Crippen molar-refractivity contribution in [2.75, 3.05) is 26.8 Å². The van der Waals surface area contributed by atoms with E-state index in [4.69, 9.17) is 9.47 Å². The highest BCUT2D eigenvalue weighted by molar-refractivity contribution is 5.94. The molecule has 2 rings (SSSR count). The number of nitrogens with one attached hydrogen (secondary N) is 2. The highest BCUT2D eigenvalue weighted by atomic mass is 16.5. The van der Waals surface area contributed by atoms with Gasteiger partial charge in [0.2, 0.25) is 5.91 Å². The Balaban J connectivity index is 1.78. The standard InChI is InChI=1S/C23H28N2O4/c1-17(2)16-29-20-11-9-18(15-21(20)28-3)10-12-22(26)24-13-14-25-23(27)19-7-5-4-6-8-19/h4-12,15,17H,13-14,16H2,1-3H3,(H,24,26)(H,25,27)/b12-10+. The third-order valence-corrected chi connectivity index (χ3v) is 3.93. The first-order valence-electron chi connectivity index (χ1n) is 9.59. The molecule has 0 heterocycles. The lowest BCUT2D eigenvalue weighted by Crippen LogP contribution is -2.33. The number of amides is 2. The minimum atomic E-state index is -0.238. The second-order valence-electron chi connectivity index (χ2n) is 6.86. The molecular weight excluding hydrogens is 368 g/mol. The Morgan fingerprint density at radius 2 is 1.72 bits per heavy atom. The maximum Gasteiger partial charge on any atom is 0.251 e. The van der Waals surface area contributed by atoms with Gasteiger partial charge in [-0.1, -0.05) is 38.1 Å². The molecule has 6 heteroatoms. The number of carbonyl (C=O) groups is 2. The second-order valence-corrected chi connectivity index (χ2v) is 6.86. The van der Waals surface area contributed by atoms with Crippen LogP contribution in [0, 0.1) is 5.92 Å². The second kappa shape index (κ2) is 11.5. The molecule has 0 unspecified atom stereocenters. The molecule has 0 saturated carbocycles. The summed E-state index contributed by atoms with van der Waals surface area (Å²) in [6.07, 6.45) is 3.15. The highest BCUT2D eigenvalue weighted by Gasteiger charge is 2.06. The van der Waals surface area contributed by atoms with Crippen molar-refractivity contribution in [3.63, 3.8) is 0 Å². The molecule has 2 aromatic carbocycles. The van der Waals surface area contributed by atoms with Gasteiger partial charge >= 0.3 is 0 Å². The Bertz CT molecular complexity index is 832. The minimum Gasteiger partial charge on any atom is -0.493 e. The summed E-state index contributed by atoms with van der Waals surface area (Å²) in [6.45, 7) is 5.45. The summed E-state index contributed by atoms with van der Waals surface area (Å²) >= 11 is 0. The number of ether oxygens (including phenoxy) is 2. The molecule has 2 aromatic rings. The number of methoxy groups -OCH3 is 1. The normalized spacial score (nSPS) is 10.8. The third kappa shape index (κ3) is 7.70. The summed E-state index contributed by atoms with van der Waals surface area (Å²) in [5.74, 6) is 1.31. The molecule has 6 nitrogen and oxygen atoms in total. The molecule has 0 aromatic heterocycles. The zero-order valence-electron chi connectivity index (χ0n) is 17.1. The van der Waals surface area contributed by atoms with E-state index < -0.39 is 0 Å². The third-order valence-electron chi connectivity index (χ3n) is 3.93. The van der Waals surface area contributed by atoms with Gasteiger partial charge in [-0.2, -0.15) is 0 Å². The number of hydrogen-bond donors (Lipinski definition) is 2. The number of benzene rings is 2. The van der Waals surface area contributed by atoms with E-state index in [9.17, 15) is 9.59 Å². The minimum absolute atomic E-state index is 0.165. The van der Waals surface area contributed by atoms with Crippen LogP contribution in [0.25, 0.3) is 6.08 Å². The van der Waals surface area contributed by atoms with E-state index in [2.05, 4.69) is 24.5 Å². The topological polar surface area (TPSA) is 76.7 Å². The van der Waals surface area contributed by atoms with Gasteiger partial charge in [0.15, 0.2) is 11.5 Å². The van der Waals surface area contributed by atoms with Gasteiger partial charge in [-0.3, -0.25) is 9.59 Å². The first-order valence-corrected chi connectivity index (χ1v) is 9.59. The lowest BCUT2D eigenvalue weighted by atomic mass is 10.2. The maximum absolute atomic E-state index is 12.0. The average Bonchev–Trinajstić information content (AvgIpc) is 2.74. The molecule has 2 amide bonds. The monoisotopic (exact) mass is 396 g/mol. The molecule has 0 atom stereocenters. The Hall–Kier alpha value is -3.28. The molecule has 29 heavy (non-hydrogen) atoms. The van der Waals surface area contributed by atoms with Gasteiger partial charge in [0.1, 0.15) is 0 Å². The molecule has 0 spiro atoms. The van der Waals surface area contributed by atoms with Gasteiger partial charge in [0.25, 0.3) is 5.91 Å². The summed E-state index contributed by atoms with van der Waals surface area (Å²) in [6, 6.07) is 14.5. The molecule has 0 aliphatic rings. The summed E-state index contributed by atoms with van der Waals surface area (Å²) in [7, 11) is 1.58. The van der Waals surface area contributed by atoms with E-state index in [1.54, 1.807) is 37.5 Å². The number of rotatable bonds is 10. The predicted molar refractivity (Wildman–Crippen MR) is 114 cm³/mol. The molecule has 0 aliphatic heterocycles. The van der Waals surface area contributed by atoms with Crippen molar-refractivity contribution in [3.8, 4) is 11.5 Å². The maximum atomic E-state index is 12.0. The van der Waals surface area contributed by atoms with Crippen molar-refractivity contribution in [1.82, 2.24) is 10.6 Å². The Labute approximate surface area is 171 Å². The van der Waals surface area contributed by atoms with E-state index in [0.29, 0.717) is 42.7 Å². The van der Waals surface area contributed by atoms with Crippen molar-refractivity contribution in [2.24, 2.45) is 5.92 Å². The average molecular weight is 396 g/mol. The SMILES string of the molecule is COc1cc(/C=C/C(=O)NCCNC(=O)c2ccccc2)ccc1OCC(C)C. The zero-order chi connectivity index (χ0) is 21.1. The van der Waals surface area contributed by atoms with E-state index in [-0.39, 0.29) is 11.8 Å². The van der Waals surface area contributed by atoms with Gasteiger partial charge in [-0.05, 0) is 41.8 Å². The molecule has 2 N–H and O–H groups in total. The van der Waals surface area contributed by atoms with E-state index in [0.717, 1.165) is 5.56 Å². The summed E-state index contributed by atoms with van der Waals surface area (Å²) in [4.78, 5) is 23.9. The predicted octanol–water partition coefficient (Wildman–Crippen LogP) is 3.29. The van der Waals surface area contributed by atoms with Crippen molar-refractivity contribution < 1.29 is 19.1 Å². The van der Waals surface area contributed by atoms with Crippen molar-refractivity contribution >= 4 is 17.9 Å². The van der Waals surface area contributed by atoms with Crippen LogP contribution in [0.3, 0.4) is 0 Å². The lowest BCUT2D eigenvalue weighted by molar-refractivity contribution is -0.116. The van der Waals surface area contributed by atoms with E-state index >= 15 is 0 Å². The van der Waals surface area contributed by atoms with Gasteiger partial charge in [-0.15, -0.1) is 0 Å². The van der Waals surface area contributed by atoms with Gasteiger partial charge < -0.3 is 20.1 Å². The van der Waals surface area contributed by atoms with Gasteiger partial charge in [0.05, 0.1) is 13.7 Å². The van der Waals surface area contributed by atoms with Crippen LogP contribution in [-0.4, -0.2) is 38.6 Å². The summed E-state index contributed by atoms with van der Waals surface area (Å²) in [5.41, 5.74) is 1.42. The fourth-order valence-corrected chi connectivity index (χ4v) is 2.45. The summed E-state index contributed by atoms with van der Waals surface area (Å²) < 4.78 is 11.1.